The molecule has 0 atom stereocenters. The van der Waals surface area contributed by atoms with Crippen LogP contribution in [0.2, 0.25) is 0 Å². The predicted octanol–water partition coefficient (Wildman–Crippen LogP) is 2.68. The zero-order valence-corrected chi connectivity index (χ0v) is 10.7. The Kier molecular flexibility index (Phi) is 3.75. The molecule has 1 aliphatic rings. The number of methoxy groups -OCH3 is 1. The van der Waals surface area contributed by atoms with E-state index in [0.29, 0.717) is 5.56 Å². The first-order chi connectivity index (χ1) is 8.72. The van der Waals surface area contributed by atoms with Crippen LogP contribution in [0.5, 0.6) is 5.75 Å². The van der Waals surface area contributed by atoms with Crippen LogP contribution in [0.4, 0.5) is 0 Å². The van der Waals surface area contributed by atoms with E-state index in [2.05, 4.69) is 4.65 Å². The van der Waals surface area contributed by atoms with Crippen LogP contribution in [0.25, 0.3) is 5.57 Å². The molecule has 0 unspecified atom stereocenters. The van der Waals surface area contributed by atoms with Crippen molar-refractivity contribution in [3.63, 3.8) is 0 Å². The number of rotatable bonds is 2. The van der Waals surface area contributed by atoms with Gasteiger partial charge in [0.1, 0.15) is 5.75 Å². The highest BCUT2D eigenvalue weighted by atomic mass is 16.5. The van der Waals surface area contributed by atoms with Gasteiger partial charge in [-0.15, -0.1) is 0 Å². The highest BCUT2D eigenvalue weighted by molar-refractivity contribution is 6.11. The second kappa shape index (κ2) is 5.30. The number of ether oxygens (including phenoxy) is 1. The van der Waals surface area contributed by atoms with Crippen LogP contribution < -0.4 is 4.74 Å². The van der Waals surface area contributed by atoms with Gasteiger partial charge < -0.3 is 9.39 Å². The zero-order chi connectivity index (χ0) is 13.1. The topological polar surface area (TPSA) is 35.5 Å². The summed E-state index contributed by atoms with van der Waals surface area (Å²) in [6.07, 6.45) is 4.96. The predicted molar refractivity (Wildman–Crippen MR) is 70.8 cm³/mol. The van der Waals surface area contributed by atoms with E-state index in [9.17, 15) is 4.79 Å². The first kappa shape index (κ1) is 12.7. The van der Waals surface area contributed by atoms with Crippen LogP contribution in [0.1, 0.15) is 41.3 Å². The summed E-state index contributed by atoms with van der Waals surface area (Å²) in [5.41, 5.74) is 3.66. The van der Waals surface area contributed by atoms with E-state index < -0.39 is 5.97 Å². The number of hydrogen-bond acceptors (Lipinski definition) is 3. The third-order valence-corrected chi connectivity index (χ3v) is 3.36. The Balaban J connectivity index is 2.67. The molecule has 18 heavy (non-hydrogen) atoms. The first-order valence-corrected chi connectivity index (χ1v) is 5.99. The normalized spacial score (nSPS) is 16.2. The van der Waals surface area contributed by atoms with Gasteiger partial charge in [0.2, 0.25) is 0 Å². The van der Waals surface area contributed by atoms with Crippen molar-refractivity contribution in [3.05, 3.63) is 34.9 Å². The van der Waals surface area contributed by atoms with Crippen LogP contribution in [-0.4, -0.2) is 21.1 Å². The van der Waals surface area contributed by atoms with Gasteiger partial charge in [-0.05, 0) is 49.5 Å². The van der Waals surface area contributed by atoms with Gasteiger partial charge in [-0.1, -0.05) is 6.08 Å². The molecule has 0 saturated heterocycles. The molecule has 4 heteroatoms. The van der Waals surface area contributed by atoms with Crippen LogP contribution in [0, 0.1) is 0 Å². The molecule has 3 nitrogen and oxygen atoms in total. The fourth-order valence-corrected chi connectivity index (χ4v) is 2.54. The molecule has 0 spiro atoms. The van der Waals surface area contributed by atoms with Gasteiger partial charge in [-0.25, -0.2) is 4.79 Å². The number of carbonyl (C=O) groups is 1. The summed E-state index contributed by atoms with van der Waals surface area (Å²) in [6, 6.07) is 3.51. The fraction of sp³-hybridized carbons (Fsp3) is 0.357. The van der Waals surface area contributed by atoms with Crippen molar-refractivity contribution in [3.8, 4) is 5.75 Å². The monoisotopic (exact) mass is 242 g/mol. The summed E-state index contributed by atoms with van der Waals surface area (Å²) in [4.78, 5) is 11.7. The van der Waals surface area contributed by atoms with Crippen molar-refractivity contribution >= 4 is 19.6 Å². The third-order valence-electron chi connectivity index (χ3n) is 3.36. The summed E-state index contributed by atoms with van der Waals surface area (Å²) >= 11 is 0. The fourth-order valence-electron chi connectivity index (χ4n) is 2.54. The van der Waals surface area contributed by atoms with Gasteiger partial charge in [0, 0.05) is 5.56 Å². The maximum Gasteiger partial charge on any atom is 0.378 e. The summed E-state index contributed by atoms with van der Waals surface area (Å²) in [5.74, 6) is 0.313. The number of allylic oxidation sites excluding steroid dienone is 2. The lowest BCUT2D eigenvalue weighted by Gasteiger charge is -2.23. The highest BCUT2D eigenvalue weighted by Crippen LogP contribution is 2.38. The van der Waals surface area contributed by atoms with Gasteiger partial charge in [0.15, 0.2) is 0 Å². The number of carbonyl (C=O) groups excluding carboxylic acids is 1. The van der Waals surface area contributed by atoms with E-state index in [-0.39, 0.29) is 0 Å². The maximum atomic E-state index is 11.7. The van der Waals surface area contributed by atoms with Gasteiger partial charge in [-0.2, -0.15) is 0 Å². The minimum absolute atomic E-state index is 0.504. The van der Waals surface area contributed by atoms with E-state index in [1.807, 2.05) is 13.0 Å². The van der Waals surface area contributed by atoms with E-state index >= 15 is 0 Å². The number of fused-ring (bicyclic) bond motifs is 1. The molecule has 0 fully saturated rings. The van der Waals surface area contributed by atoms with Gasteiger partial charge in [-0.3, -0.25) is 0 Å². The Morgan fingerprint density at radius 2 is 2.17 bits per heavy atom. The van der Waals surface area contributed by atoms with Crippen molar-refractivity contribution in [2.75, 3.05) is 7.11 Å². The van der Waals surface area contributed by atoms with Crippen LogP contribution in [0.15, 0.2) is 18.2 Å². The van der Waals surface area contributed by atoms with Gasteiger partial charge in [0.05, 0.1) is 12.7 Å². The Labute approximate surface area is 108 Å². The van der Waals surface area contributed by atoms with Crippen LogP contribution >= 0.6 is 0 Å². The summed E-state index contributed by atoms with van der Waals surface area (Å²) in [5, 5.41) is 0. The smallest absolute Gasteiger partial charge is 0.378 e. The molecule has 92 valence electrons. The van der Waals surface area contributed by atoms with Crippen molar-refractivity contribution < 1.29 is 14.2 Å². The molecule has 1 aromatic carbocycles. The highest BCUT2D eigenvalue weighted by Gasteiger charge is 2.24. The van der Waals surface area contributed by atoms with Crippen LogP contribution in [0.3, 0.4) is 0 Å². The lowest BCUT2D eigenvalue weighted by molar-refractivity contribution is 0.0749. The van der Waals surface area contributed by atoms with Crippen molar-refractivity contribution in [2.45, 2.75) is 26.2 Å². The number of hydrogen-bond donors (Lipinski definition) is 0. The van der Waals surface area contributed by atoms with Crippen molar-refractivity contribution in [1.29, 1.82) is 0 Å². The molecule has 0 saturated carbocycles. The largest absolute Gasteiger partial charge is 0.540 e. The Bertz CT molecular complexity index is 506. The molecule has 2 radical (unpaired) electrons. The second-order valence-electron chi connectivity index (χ2n) is 4.24. The minimum atomic E-state index is -0.504. The second-order valence-corrected chi connectivity index (χ2v) is 4.24. The average Bonchev–Trinajstić information content (AvgIpc) is 2.44. The number of benzene rings is 1. The molecule has 1 aliphatic carbocycles. The average molecular weight is 242 g/mol. The standard InChI is InChI=1S/C14H15BO3/c1-3-9-5-4-6-10-12(17-2)8-7-11(13(9)10)14(16)18-15/h3,7-8H,4-6H2,1-2H3/b9-3+. The summed E-state index contributed by atoms with van der Waals surface area (Å²) in [6.45, 7) is 1.97. The molecule has 0 amide bonds. The summed E-state index contributed by atoms with van der Waals surface area (Å²) < 4.78 is 9.72. The van der Waals surface area contributed by atoms with E-state index in [4.69, 9.17) is 12.8 Å². The molecule has 0 aliphatic heterocycles. The van der Waals surface area contributed by atoms with Crippen LogP contribution in [-0.2, 0) is 11.1 Å². The maximum absolute atomic E-state index is 11.7. The quantitative estimate of drug-likeness (QED) is 0.748. The molecular weight excluding hydrogens is 227 g/mol. The molecule has 0 N–H and O–H groups in total. The lowest BCUT2D eigenvalue weighted by atomic mass is 9.83. The molecular formula is C14H15BO3. The van der Waals surface area contributed by atoms with Crippen molar-refractivity contribution in [2.24, 2.45) is 0 Å². The van der Waals surface area contributed by atoms with Gasteiger partial charge in [0.25, 0.3) is 0 Å². The Morgan fingerprint density at radius 1 is 1.39 bits per heavy atom. The van der Waals surface area contributed by atoms with Crippen molar-refractivity contribution in [1.82, 2.24) is 0 Å². The molecule has 2 rings (SSSR count). The lowest BCUT2D eigenvalue weighted by Crippen LogP contribution is -2.13. The Hall–Kier alpha value is -1.71. The Morgan fingerprint density at radius 3 is 2.78 bits per heavy atom. The van der Waals surface area contributed by atoms with E-state index in [1.165, 1.54) is 0 Å². The third kappa shape index (κ3) is 2.03. The minimum Gasteiger partial charge on any atom is -0.540 e. The molecule has 0 heterocycles. The molecule has 0 aromatic heterocycles. The molecule has 1 aromatic rings. The zero-order valence-electron chi connectivity index (χ0n) is 10.7. The first-order valence-electron chi connectivity index (χ1n) is 5.99. The van der Waals surface area contributed by atoms with E-state index in [1.54, 1.807) is 19.2 Å². The van der Waals surface area contributed by atoms with Gasteiger partial charge >= 0.3 is 14.0 Å². The van der Waals surface area contributed by atoms with E-state index in [0.717, 1.165) is 41.7 Å². The summed E-state index contributed by atoms with van der Waals surface area (Å²) in [7, 11) is 6.63. The molecule has 0 bridgehead atoms. The SMILES string of the molecule is [B]OC(=O)c1ccc(OC)c2c1/C(=C/C)CCC2.